The number of hydrogen-bond donors (Lipinski definition) is 0. The Bertz CT molecular complexity index is 1010. The molecule has 0 bridgehead atoms. The number of aromatic nitrogens is 2. The van der Waals surface area contributed by atoms with Crippen LogP contribution in [0.3, 0.4) is 0 Å². The third kappa shape index (κ3) is 2.70. The van der Waals surface area contributed by atoms with Crippen LogP contribution in [-0.2, 0) is 0 Å². The lowest BCUT2D eigenvalue weighted by atomic mass is 10.0. The first-order valence-corrected chi connectivity index (χ1v) is 8.37. The average Bonchev–Trinajstić information content (AvgIpc) is 3.28. The SMILES string of the molecule is COc1ccc(-c2conc2-c2ccc3ccn(C(C)C)c3c2)cc1. The standard InChI is InChI=1S/C21H20N2O2/c1-14(2)23-11-10-16-4-5-17(12-20(16)23)21-19(13-25-22-21)15-6-8-18(24-3)9-7-15/h4-14H,1-3H3. The van der Waals surface area contributed by atoms with Gasteiger partial charge < -0.3 is 13.8 Å². The van der Waals surface area contributed by atoms with Crippen molar-refractivity contribution in [2.75, 3.05) is 7.11 Å². The molecule has 4 nitrogen and oxygen atoms in total. The van der Waals surface area contributed by atoms with E-state index in [0.29, 0.717) is 6.04 Å². The lowest BCUT2D eigenvalue weighted by Crippen LogP contribution is -1.98. The topological polar surface area (TPSA) is 40.2 Å². The fourth-order valence-corrected chi connectivity index (χ4v) is 3.17. The Labute approximate surface area is 146 Å². The largest absolute Gasteiger partial charge is 0.497 e. The van der Waals surface area contributed by atoms with Crippen LogP contribution < -0.4 is 4.74 Å². The molecular formula is C21H20N2O2. The van der Waals surface area contributed by atoms with Crippen molar-refractivity contribution in [3.63, 3.8) is 0 Å². The molecule has 0 spiro atoms. The van der Waals surface area contributed by atoms with Gasteiger partial charge in [-0.2, -0.15) is 0 Å². The minimum Gasteiger partial charge on any atom is -0.497 e. The summed E-state index contributed by atoms with van der Waals surface area (Å²) in [5.74, 6) is 0.831. The Balaban J connectivity index is 1.81. The molecule has 0 atom stereocenters. The molecule has 0 radical (unpaired) electrons. The Hall–Kier alpha value is -3.01. The number of ether oxygens (including phenoxy) is 1. The minimum atomic E-state index is 0.408. The summed E-state index contributed by atoms with van der Waals surface area (Å²) >= 11 is 0. The van der Waals surface area contributed by atoms with Crippen molar-refractivity contribution < 1.29 is 9.26 Å². The zero-order valence-electron chi connectivity index (χ0n) is 14.6. The van der Waals surface area contributed by atoms with Gasteiger partial charge in [0.2, 0.25) is 0 Å². The zero-order chi connectivity index (χ0) is 17.4. The average molecular weight is 332 g/mol. The third-order valence-corrected chi connectivity index (χ3v) is 4.52. The Kier molecular flexibility index (Phi) is 3.80. The molecule has 4 aromatic rings. The van der Waals surface area contributed by atoms with Crippen LogP contribution in [0.1, 0.15) is 19.9 Å². The van der Waals surface area contributed by atoms with Crippen molar-refractivity contribution in [2.45, 2.75) is 19.9 Å². The zero-order valence-corrected chi connectivity index (χ0v) is 14.6. The number of rotatable bonds is 4. The summed E-state index contributed by atoms with van der Waals surface area (Å²) in [4.78, 5) is 0. The number of benzene rings is 2. The van der Waals surface area contributed by atoms with E-state index >= 15 is 0 Å². The highest BCUT2D eigenvalue weighted by atomic mass is 16.5. The third-order valence-electron chi connectivity index (χ3n) is 4.52. The van der Waals surface area contributed by atoms with Crippen molar-refractivity contribution in [1.29, 1.82) is 0 Å². The number of hydrogen-bond acceptors (Lipinski definition) is 3. The predicted octanol–water partition coefficient (Wildman–Crippen LogP) is 5.55. The van der Waals surface area contributed by atoms with Gasteiger partial charge in [0.1, 0.15) is 17.7 Å². The molecule has 0 fully saturated rings. The highest BCUT2D eigenvalue weighted by Crippen LogP contribution is 2.34. The van der Waals surface area contributed by atoms with Crippen LogP contribution in [0.2, 0.25) is 0 Å². The van der Waals surface area contributed by atoms with Gasteiger partial charge in [-0.15, -0.1) is 0 Å². The second-order valence-corrected chi connectivity index (χ2v) is 6.40. The van der Waals surface area contributed by atoms with Crippen LogP contribution in [0.15, 0.2) is 65.5 Å². The molecule has 126 valence electrons. The lowest BCUT2D eigenvalue weighted by molar-refractivity contribution is 0.415. The summed E-state index contributed by atoms with van der Waals surface area (Å²) in [6, 6.07) is 16.9. The first kappa shape index (κ1) is 15.5. The molecule has 0 aliphatic rings. The molecule has 4 rings (SSSR count). The van der Waals surface area contributed by atoms with E-state index in [1.807, 2.05) is 24.3 Å². The minimum absolute atomic E-state index is 0.408. The summed E-state index contributed by atoms with van der Waals surface area (Å²) in [7, 11) is 1.67. The fraction of sp³-hybridized carbons (Fsp3) is 0.190. The summed E-state index contributed by atoms with van der Waals surface area (Å²) < 4.78 is 12.8. The van der Waals surface area contributed by atoms with Crippen molar-refractivity contribution in [2.24, 2.45) is 0 Å². The molecule has 0 N–H and O–H groups in total. The molecule has 25 heavy (non-hydrogen) atoms. The Morgan fingerprint density at radius 1 is 1.00 bits per heavy atom. The highest BCUT2D eigenvalue weighted by Gasteiger charge is 2.14. The molecule has 2 heterocycles. The van der Waals surface area contributed by atoms with E-state index < -0.39 is 0 Å². The molecular weight excluding hydrogens is 312 g/mol. The maximum absolute atomic E-state index is 5.29. The molecule has 0 saturated carbocycles. The van der Waals surface area contributed by atoms with Crippen LogP contribution in [0.25, 0.3) is 33.3 Å². The normalized spacial score (nSPS) is 11.4. The van der Waals surface area contributed by atoms with E-state index in [9.17, 15) is 0 Å². The second-order valence-electron chi connectivity index (χ2n) is 6.40. The van der Waals surface area contributed by atoms with Crippen LogP contribution in [0.5, 0.6) is 5.75 Å². The fourth-order valence-electron chi connectivity index (χ4n) is 3.17. The predicted molar refractivity (Wildman–Crippen MR) is 99.8 cm³/mol. The summed E-state index contributed by atoms with van der Waals surface area (Å²) in [6.07, 6.45) is 3.83. The van der Waals surface area contributed by atoms with Gasteiger partial charge in [0.15, 0.2) is 0 Å². The van der Waals surface area contributed by atoms with Crippen molar-refractivity contribution in [1.82, 2.24) is 9.72 Å². The first-order valence-electron chi connectivity index (χ1n) is 8.37. The van der Waals surface area contributed by atoms with Crippen molar-refractivity contribution in [3.8, 4) is 28.1 Å². The quantitative estimate of drug-likeness (QED) is 0.492. The van der Waals surface area contributed by atoms with Gasteiger partial charge >= 0.3 is 0 Å². The van der Waals surface area contributed by atoms with Gasteiger partial charge in [-0.3, -0.25) is 0 Å². The van der Waals surface area contributed by atoms with Gasteiger partial charge in [-0.05, 0) is 49.1 Å². The molecule has 0 aliphatic heterocycles. The number of fused-ring (bicyclic) bond motifs is 1. The second kappa shape index (κ2) is 6.13. The van der Waals surface area contributed by atoms with Gasteiger partial charge in [-0.1, -0.05) is 29.4 Å². The van der Waals surface area contributed by atoms with Crippen molar-refractivity contribution >= 4 is 10.9 Å². The summed E-state index contributed by atoms with van der Waals surface area (Å²) in [5.41, 5.74) is 5.13. The molecule has 0 amide bonds. The van der Waals surface area contributed by atoms with Crippen molar-refractivity contribution in [3.05, 3.63) is 61.0 Å². The van der Waals surface area contributed by atoms with Gasteiger partial charge in [0.25, 0.3) is 0 Å². The lowest BCUT2D eigenvalue weighted by Gasteiger charge is -2.10. The van der Waals surface area contributed by atoms with E-state index in [1.165, 1.54) is 10.9 Å². The van der Waals surface area contributed by atoms with Crippen LogP contribution in [-0.4, -0.2) is 16.8 Å². The van der Waals surface area contributed by atoms with E-state index in [0.717, 1.165) is 28.1 Å². The van der Waals surface area contributed by atoms with E-state index in [1.54, 1.807) is 13.4 Å². The molecule has 0 aliphatic carbocycles. The van der Waals surface area contributed by atoms with Crippen LogP contribution in [0.4, 0.5) is 0 Å². The highest BCUT2D eigenvalue weighted by molar-refractivity contribution is 5.88. The first-order chi connectivity index (χ1) is 12.2. The smallest absolute Gasteiger partial charge is 0.132 e. The van der Waals surface area contributed by atoms with Gasteiger partial charge in [0, 0.05) is 28.9 Å². The molecule has 0 saturated heterocycles. The van der Waals surface area contributed by atoms with E-state index in [-0.39, 0.29) is 0 Å². The molecule has 2 aromatic carbocycles. The Morgan fingerprint density at radius 3 is 2.48 bits per heavy atom. The molecule has 0 unspecified atom stereocenters. The van der Waals surface area contributed by atoms with Crippen LogP contribution in [0, 0.1) is 0 Å². The maximum atomic E-state index is 5.29. The molecule has 2 aromatic heterocycles. The number of methoxy groups -OCH3 is 1. The van der Waals surface area contributed by atoms with Gasteiger partial charge in [-0.25, -0.2) is 0 Å². The van der Waals surface area contributed by atoms with Gasteiger partial charge in [0.05, 0.1) is 7.11 Å². The summed E-state index contributed by atoms with van der Waals surface area (Å²) in [5, 5.41) is 5.48. The monoisotopic (exact) mass is 332 g/mol. The number of nitrogens with zero attached hydrogens (tertiary/aromatic N) is 2. The molecule has 4 heteroatoms. The van der Waals surface area contributed by atoms with Crippen LogP contribution >= 0.6 is 0 Å². The van der Waals surface area contributed by atoms with E-state index in [2.05, 4.69) is 54.0 Å². The maximum Gasteiger partial charge on any atom is 0.132 e. The Morgan fingerprint density at radius 2 is 1.76 bits per heavy atom. The van der Waals surface area contributed by atoms with E-state index in [4.69, 9.17) is 9.26 Å². The summed E-state index contributed by atoms with van der Waals surface area (Å²) in [6.45, 7) is 4.37.